The second-order valence-corrected chi connectivity index (χ2v) is 5.94. The SMILES string of the molecule is CCCCNc1nnc(Sc2ncccc2C#N)s1. The molecule has 0 unspecified atom stereocenters. The minimum Gasteiger partial charge on any atom is -0.360 e. The third kappa shape index (κ3) is 3.91. The topological polar surface area (TPSA) is 74.5 Å². The second kappa shape index (κ2) is 7.07. The van der Waals surface area contributed by atoms with E-state index in [2.05, 4.69) is 33.5 Å². The number of aromatic nitrogens is 3. The molecule has 2 aromatic rings. The van der Waals surface area contributed by atoms with E-state index >= 15 is 0 Å². The Labute approximate surface area is 120 Å². The monoisotopic (exact) mass is 291 g/mol. The molecule has 2 heterocycles. The van der Waals surface area contributed by atoms with E-state index in [0.717, 1.165) is 28.9 Å². The third-order valence-electron chi connectivity index (χ3n) is 2.29. The molecule has 5 nitrogen and oxygen atoms in total. The van der Waals surface area contributed by atoms with Gasteiger partial charge in [-0.15, -0.1) is 10.2 Å². The zero-order valence-corrected chi connectivity index (χ0v) is 12.1. The smallest absolute Gasteiger partial charge is 0.206 e. The summed E-state index contributed by atoms with van der Waals surface area (Å²) in [4.78, 5) is 4.19. The fourth-order valence-corrected chi connectivity index (χ4v) is 3.06. The van der Waals surface area contributed by atoms with Crippen molar-refractivity contribution in [1.29, 1.82) is 5.26 Å². The van der Waals surface area contributed by atoms with Gasteiger partial charge >= 0.3 is 0 Å². The first-order valence-electron chi connectivity index (χ1n) is 5.94. The molecule has 1 N–H and O–H groups in total. The van der Waals surface area contributed by atoms with Gasteiger partial charge in [-0.2, -0.15) is 5.26 Å². The highest BCUT2D eigenvalue weighted by atomic mass is 32.2. The highest BCUT2D eigenvalue weighted by molar-refractivity contribution is 8.01. The average Bonchev–Trinajstić information content (AvgIpc) is 2.87. The van der Waals surface area contributed by atoms with Crippen LogP contribution in [0, 0.1) is 11.3 Å². The maximum atomic E-state index is 9.00. The molecule has 7 heteroatoms. The zero-order chi connectivity index (χ0) is 13.5. The van der Waals surface area contributed by atoms with E-state index < -0.39 is 0 Å². The van der Waals surface area contributed by atoms with Gasteiger partial charge in [-0.1, -0.05) is 24.7 Å². The highest BCUT2D eigenvalue weighted by Crippen LogP contribution is 2.32. The van der Waals surface area contributed by atoms with Gasteiger partial charge in [0.05, 0.1) is 5.56 Å². The number of nitriles is 1. The number of unbranched alkanes of at least 4 members (excludes halogenated alkanes) is 1. The van der Waals surface area contributed by atoms with Crippen molar-refractivity contribution in [3.63, 3.8) is 0 Å². The third-order valence-corrected chi connectivity index (χ3v) is 4.24. The van der Waals surface area contributed by atoms with Gasteiger partial charge in [0.1, 0.15) is 11.1 Å². The van der Waals surface area contributed by atoms with E-state index in [0.29, 0.717) is 10.6 Å². The Kier molecular flexibility index (Phi) is 5.12. The summed E-state index contributed by atoms with van der Waals surface area (Å²) in [6.07, 6.45) is 3.93. The molecule has 0 atom stereocenters. The van der Waals surface area contributed by atoms with E-state index in [1.807, 2.05) is 0 Å². The van der Waals surface area contributed by atoms with Crippen LogP contribution in [0.1, 0.15) is 25.3 Å². The van der Waals surface area contributed by atoms with Crippen molar-refractivity contribution in [2.75, 3.05) is 11.9 Å². The molecule has 2 rings (SSSR count). The van der Waals surface area contributed by atoms with Crippen LogP contribution in [0.3, 0.4) is 0 Å². The zero-order valence-electron chi connectivity index (χ0n) is 10.5. The van der Waals surface area contributed by atoms with Gasteiger partial charge in [0.15, 0.2) is 4.34 Å². The Morgan fingerprint density at radius 3 is 3.16 bits per heavy atom. The highest BCUT2D eigenvalue weighted by Gasteiger charge is 2.09. The quantitative estimate of drug-likeness (QED) is 0.824. The molecule has 2 aromatic heterocycles. The first-order chi connectivity index (χ1) is 9.33. The van der Waals surface area contributed by atoms with Crippen LogP contribution >= 0.6 is 23.1 Å². The molecule has 0 aliphatic carbocycles. The predicted molar refractivity (Wildman–Crippen MR) is 76.4 cm³/mol. The number of pyridine rings is 1. The maximum absolute atomic E-state index is 9.00. The summed E-state index contributed by atoms with van der Waals surface area (Å²) in [5.74, 6) is 0. The van der Waals surface area contributed by atoms with Crippen LogP contribution in [-0.2, 0) is 0 Å². The molecule has 0 aliphatic rings. The minimum absolute atomic E-state index is 0.559. The lowest BCUT2D eigenvalue weighted by molar-refractivity contribution is 0.830. The predicted octanol–water partition coefficient (Wildman–Crippen LogP) is 3.17. The molecule has 19 heavy (non-hydrogen) atoms. The van der Waals surface area contributed by atoms with Crippen molar-refractivity contribution >= 4 is 28.2 Å². The van der Waals surface area contributed by atoms with Crippen LogP contribution in [0.5, 0.6) is 0 Å². The fourth-order valence-electron chi connectivity index (χ4n) is 1.33. The standard InChI is InChI=1S/C12H13N5S2/c1-2-3-6-15-11-16-17-12(19-11)18-10-9(8-13)5-4-7-14-10/h4-5,7H,2-3,6H2,1H3,(H,15,16). The van der Waals surface area contributed by atoms with Gasteiger partial charge in [-0.25, -0.2) is 4.98 Å². The summed E-state index contributed by atoms with van der Waals surface area (Å²) < 4.78 is 0.786. The number of nitrogens with zero attached hydrogens (tertiary/aromatic N) is 4. The van der Waals surface area contributed by atoms with Crippen LogP contribution in [0.2, 0.25) is 0 Å². The number of anilines is 1. The average molecular weight is 291 g/mol. The van der Waals surface area contributed by atoms with E-state index in [4.69, 9.17) is 5.26 Å². The Morgan fingerprint density at radius 1 is 1.47 bits per heavy atom. The number of hydrogen-bond donors (Lipinski definition) is 1. The lowest BCUT2D eigenvalue weighted by atomic mass is 10.3. The molecule has 0 aliphatic heterocycles. The van der Waals surface area contributed by atoms with Crippen LogP contribution in [-0.4, -0.2) is 21.7 Å². The van der Waals surface area contributed by atoms with Gasteiger partial charge < -0.3 is 5.32 Å². The molecule has 0 amide bonds. The van der Waals surface area contributed by atoms with E-state index in [9.17, 15) is 0 Å². The molecular weight excluding hydrogens is 278 g/mol. The molecular formula is C12H13N5S2. The van der Waals surface area contributed by atoms with Crippen molar-refractivity contribution in [1.82, 2.24) is 15.2 Å². The number of rotatable bonds is 6. The summed E-state index contributed by atoms with van der Waals surface area (Å²) in [6, 6.07) is 5.62. The maximum Gasteiger partial charge on any atom is 0.206 e. The van der Waals surface area contributed by atoms with Crippen molar-refractivity contribution < 1.29 is 0 Å². The largest absolute Gasteiger partial charge is 0.360 e. The molecule has 0 aromatic carbocycles. The summed E-state index contributed by atoms with van der Waals surface area (Å²) in [5.41, 5.74) is 0.559. The van der Waals surface area contributed by atoms with Crippen molar-refractivity contribution in [3.8, 4) is 6.07 Å². The minimum atomic E-state index is 0.559. The Morgan fingerprint density at radius 2 is 2.37 bits per heavy atom. The molecule has 98 valence electrons. The summed E-state index contributed by atoms with van der Waals surface area (Å²) >= 11 is 2.85. The Balaban J connectivity index is 2.02. The van der Waals surface area contributed by atoms with Crippen LogP contribution in [0.25, 0.3) is 0 Å². The molecule has 0 saturated heterocycles. The fraction of sp³-hybridized carbons (Fsp3) is 0.333. The van der Waals surface area contributed by atoms with Crippen LogP contribution < -0.4 is 5.32 Å². The van der Waals surface area contributed by atoms with E-state index in [1.54, 1.807) is 18.3 Å². The van der Waals surface area contributed by atoms with E-state index in [-0.39, 0.29) is 0 Å². The number of hydrogen-bond acceptors (Lipinski definition) is 7. The molecule has 0 spiro atoms. The van der Waals surface area contributed by atoms with E-state index in [1.165, 1.54) is 23.1 Å². The number of nitrogens with one attached hydrogen (secondary N) is 1. The van der Waals surface area contributed by atoms with Gasteiger partial charge in [0.25, 0.3) is 0 Å². The van der Waals surface area contributed by atoms with Gasteiger partial charge in [-0.3, -0.25) is 0 Å². The Bertz CT molecular complexity index is 575. The van der Waals surface area contributed by atoms with Gasteiger partial charge in [-0.05, 0) is 30.3 Å². The van der Waals surface area contributed by atoms with Crippen molar-refractivity contribution in [3.05, 3.63) is 23.9 Å². The molecule has 0 fully saturated rings. The first-order valence-corrected chi connectivity index (χ1v) is 7.57. The van der Waals surface area contributed by atoms with Crippen LogP contribution in [0.4, 0.5) is 5.13 Å². The van der Waals surface area contributed by atoms with Gasteiger partial charge in [0, 0.05) is 12.7 Å². The van der Waals surface area contributed by atoms with Gasteiger partial charge in [0.2, 0.25) is 5.13 Å². The normalized spacial score (nSPS) is 10.1. The Hall–Kier alpha value is -1.65. The summed E-state index contributed by atoms with van der Waals surface area (Å²) in [7, 11) is 0. The molecule has 0 saturated carbocycles. The lowest BCUT2D eigenvalue weighted by Crippen LogP contribution is -1.99. The van der Waals surface area contributed by atoms with Crippen LogP contribution in [0.15, 0.2) is 27.7 Å². The van der Waals surface area contributed by atoms with Crippen molar-refractivity contribution in [2.45, 2.75) is 29.1 Å². The first kappa shape index (κ1) is 13.8. The summed E-state index contributed by atoms with van der Waals surface area (Å²) in [5, 5.41) is 21.9. The van der Waals surface area contributed by atoms with Crippen molar-refractivity contribution in [2.24, 2.45) is 0 Å². The molecule has 0 radical (unpaired) electrons. The summed E-state index contributed by atoms with van der Waals surface area (Å²) in [6.45, 7) is 3.05. The second-order valence-electron chi connectivity index (χ2n) is 3.72. The molecule has 0 bridgehead atoms. The lowest BCUT2D eigenvalue weighted by Gasteiger charge is -1.98.